The minimum absolute atomic E-state index is 0.0398. The number of hydrogen-bond donors (Lipinski definition) is 2. The van der Waals surface area contributed by atoms with E-state index in [4.69, 9.17) is 0 Å². The normalized spacial score (nSPS) is 12.4. The number of likely N-dealkylation sites (N-methyl/N-ethyl adjacent to an activating group) is 1. The topological polar surface area (TPSA) is 59.0 Å². The highest BCUT2D eigenvalue weighted by Crippen LogP contribution is 1.88. The Labute approximate surface area is 89.9 Å². The van der Waals surface area contributed by atoms with Crippen molar-refractivity contribution in [3.8, 4) is 0 Å². The first-order valence-corrected chi connectivity index (χ1v) is 5.16. The van der Waals surface area contributed by atoms with Gasteiger partial charge in [0.05, 0.1) is 6.04 Å². The zero-order valence-corrected chi connectivity index (χ0v) is 9.23. The van der Waals surface area contributed by atoms with Crippen LogP contribution in [0.15, 0.2) is 18.5 Å². The van der Waals surface area contributed by atoms with Crippen LogP contribution in [0, 0.1) is 0 Å². The molecule has 0 fully saturated rings. The van der Waals surface area contributed by atoms with E-state index in [0.717, 1.165) is 13.0 Å². The number of carbonyl (C=O) groups excluding carboxylic acids is 1. The largest absolute Gasteiger partial charge is 0.355 e. The fourth-order valence-corrected chi connectivity index (χ4v) is 1.17. The van der Waals surface area contributed by atoms with Gasteiger partial charge in [0.15, 0.2) is 0 Å². The van der Waals surface area contributed by atoms with Crippen molar-refractivity contribution in [1.29, 1.82) is 0 Å². The number of carbonyl (C=O) groups is 1. The van der Waals surface area contributed by atoms with Crippen LogP contribution >= 0.6 is 0 Å². The monoisotopic (exact) mass is 210 g/mol. The van der Waals surface area contributed by atoms with E-state index in [9.17, 15) is 4.79 Å². The molecule has 5 heteroatoms. The summed E-state index contributed by atoms with van der Waals surface area (Å²) in [6, 6.07) is 1.76. The smallest absolute Gasteiger partial charge is 0.236 e. The summed E-state index contributed by atoms with van der Waals surface area (Å²) in [5.41, 5.74) is 0. The zero-order chi connectivity index (χ0) is 11.1. The molecule has 0 saturated carbocycles. The van der Waals surface area contributed by atoms with E-state index >= 15 is 0 Å². The van der Waals surface area contributed by atoms with E-state index in [2.05, 4.69) is 15.7 Å². The van der Waals surface area contributed by atoms with Gasteiger partial charge in [-0.25, -0.2) is 0 Å². The summed E-state index contributed by atoms with van der Waals surface area (Å²) in [4.78, 5) is 11.3. The number of amides is 1. The van der Waals surface area contributed by atoms with Gasteiger partial charge < -0.3 is 10.6 Å². The molecule has 84 valence electrons. The quantitative estimate of drug-likeness (QED) is 0.650. The van der Waals surface area contributed by atoms with E-state index in [1.54, 1.807) is 13.2 Å². The number of nitrogens with zero attached hydrogens (tertiary/aromatic N) is 2. The summed E-state index contributed by atoms with van der Waals surface area (Å²) >= 11 is 0. The molecule has 1 aromatic rings. The molecule has 15 heavy (non-hydrogen) atoms. The molecule has 5 nitrogen and oxygen atoms in total. The van der Waals surface area contributed by atoms with Gasteiger partial charge in [-0.2, -0.15) is 5.10 Å². The maximum absolute atomic E-state index is 11.3. The molecular formula is C10H18N4O. The molecule has 1 amide bonds. The van der Waals surface area contributed by atoms with Crippen LogP contribution in [0.4, 0.5) is 0 Å². The molecule has 1 aromatic heterocycles. The lowest BCUT2D eigenvalue weighted by atomic mass is 10.3. The maximum atomic E-state index is 11.3. The van der Waals surface area contributed by atoms with Crippen LogP contribution in [0.25, 0.3) is 0 Å². The zero-order valence-electron chi connectivity index (χ0n) is 9.23. The van der Waals surface area contributed by atoms with Crippen LogP contribution < -0.4 is 10.6 Å². The fraction of sp³-hybridized carbons (Fsp3) is 0.600. The molecule has 1 unspecified atom stereocenters. The first-order valence-electron chi connectivity index (χ1n) is 5.16. The minimum Gasteiger partial charge on any atom is -0.355 e. The molecule has 1 atom stereocenters. The second kappa shape index (κ2) is 6.19. The molecule has 0 saturated heterocycles. The highest BCUT2D eigenvalue weighted by Gasteiger charge is 2.07. The highest BCUT2D eigenvalue weighted by molar-refractivity contribution is 5.81. The number of aromatic nitrogens is 2. The van der Waals surface area contributed by atoms with Gasteiger partial charge in [-0.3, -0.25) is 9.48 Å². The van der Waals surface area contributed by atoms with Crippen molar-refractivity contribution in [3.63, 3.8) is 0 Å². The summed E-state index contributed by atoms with van der Waals surface area (Å²) in [6.07, 6.45) is 4.56. The van der Waals surface area contributed by atoms with Crippen LogP contribution in [-0.2, 0) is 11.3 Å². The highest BCUT2D eigenvalue weighted by atomic mass is 16.2. The third kappa shape index (κ3) is 4.12. The van der Waals surface area contributed by atoms with Gasteiger partial charge in [0.2, 0.25) is 5.91 Å². The minimum atomic E-state index is -0.130. The van der Waals surface area contributed by atoms with Crippen molar-refractivity contribution in [2.45, 2.75) is 25.9 Å². The Kier molecular flexibility index (Phi) is 4.83. The number of rotatable bonds is 6. The van der Waals surface area contributed by atoms with Gasteiger partial charge in [0.1, 0.15) is 0 Å². The number of hydrogen-bond acceptors (Lipinski definition) is 3. The Balaban J connectivity index is 2.09. The van der Waals surface area contributed by atoms with Crippen LogP contribution in [0.2, 0.25) is 0 Å². The summed E-state index contributed by atoms with van der Waals surface area (Å²) < 4.78 is 1.85. The standard InChI is InChI=1S/C10H18N4O/c1-9(11-2)10(15)12-5-3-7-14-8-4-6-13-14/h4,6,8-9,11H,3,5,7H2,1-2H3,(H,12,15). The lowest BCUT2D eigenvalue weighted by molar-refractivity contribution is -0.122. The average molecular weight is 210 g/mol. The van der Waals surface area contributed by atoms with Crippen molar-refractivity contribution in [3.05, 3.63) is 18.5 Å². The van der Waals surface area contributed by atoms with Crippen LogP contribution in [-0.4, -0.2) is 35.3 Å². The summed E-state index contributed by atoms with van der Waals surface area (Å²) in [7, 11) is 1.77. The molecule has 1 rings (SSSR count). The molecule has 0 aromatic carbocycles. The van der Waals surface area contributed by atoms with Crippen molar-refractivity contribution < 1.29 is 4.79 Å². The third-order valence-corrected chi connectivity index (χ3v) is 2.25. The summed E-state index contributed by atoms with van der Waals surface area (Å²) in [6.45, 7) is 3.36. The predicted octanol–water partition coefficient (Wildman–Crippen LogP) is -0.00270. The average Bonchev–Trinajstić information content (AvgIpc) is 2.75. The molecule has 0 spiro atoms. The van der Waals surface area contributed by atoms with Gasteiger partial charge in [-0.15, -0.1) is 0 Å². The summed E-state index contributed by atoms with van der Waals surface area (Å²) in [5, 5.41) is 9.82. The van der Waals surface area contributed by atoms with Crippen molar-refractivity contribution in [2.75, 3.05) is 13.6 Å². The van der Waals surface area contributed by atoms with Crippen molar-refractivity contribution in [1.82, 2.24) is 20.4 Å². The van der Waals surface area contributed by atoms with E-state index in [1.165, 1.54) is 0 Å². The predicted molar refractivity (Wildman–Crippen MR) is 58.4 cm³/mol. The van der Waals surface area contributed by atoms with Crippen molar-refractivity contribution in [2.24, 2.45) is 0 Å². The molecular weight excluding hydrogens is 192 g/mol. The summed E-state index contributed by atoms with van der Waals surface area (Å²) in [5.74, 6) is 0.0398. The van der Waals surface area contributed by atoms with Crippen LogP contribution in [0.5, 0.6) is 0 Å². The van der Waals surface area contributed by atoms with Crippen LogP contribution in [0.3, 0.4) is 0 Å². The molecule has 0 aliphatic rings. The third-order valence-electron chi connectivity index (χ3n) is 2.25. The Morgan fingerprint density at radius 1 is 1.60 bits per heavy atom. The van der Waals surface area contributed by atoms with Crippen molar-refractivity contribution >= 4 is 5.91 Å². The molecule has 2 N–H and O–H groups in total. The van der Waals surface area contributed by atoms with E-state index < -0.39 is 0 Å². The number of aryl methyl sites for hydroxylation is 1. The molecule has 0 aliphatic carbocycles. The Bertz CT molecular complexity index is 284. The SMILES string of the molecule is CNC(C)C(=O)NCCCn1cccn1. The van der Waals surface area contributed by atoms with E-state index in [0.29, 0.717) is 6.54 Å². The molecule has 0 bridgehead atoms. The van der Waals surface area contributed by atoms with Gasteiger partial charge in [0, 0.05) is 25.5 Å². The fourth-order valence-electron chi connectivity index (χ4n) is 1.17. The van der Waals surface area contributed by atoms with Crippen LogP contribution in [0.1, 0.15) is 13.3 Å². The maximum Gasteiger partial charge on any atom is 0.236 e. The van der Waals surface area contributed by atoms with E-state index in [-0.39, 0.29) is 11.9 Å². The van der Waals surface area contributed by atoms with Gasteiger partial charge in [-0.1, -0.05) is 0 Å². The van der Waals surface area contributed by atoms with Gasteiger partial charge in [0.25, 0.3) is 0 Å². The Morgan fingerprint density at radius 2 is 2.40 bits per heavy atom. The lowest BCUT2D eigenvalue weighted by Crippen LogP contribution is -2.40. The second-order valence-corrected chi connectivity index (χ2v) is 3.42. The number of nitrogens with one attached hydrogen (secondary N) is 2. The molecule has 0 aliphatic heterocycles. The molecule has 1 heterocycles. The Hall–Kier alpha value is -1.36. The van der Waals surface area contributed by atoms with Gasteiger partial charge in [-0.05, 0) is 26.5 Å². The molecule has 0 radical (unpaired) electrons. The lowest BCUT2D eigenvalue weighted by Gasteiger charge is -2.10. The van der Waals surface area contributed by atoms with Gasteiger partial charge >= 0.3 is 0 Å². The Morgan fingerprint density at radius 3 is 3.00 bits per heavy atom. The second-order valence-electron chi connectivity index (χ2n) is 3.42. The first kappa shape index (κ1) is 11.7. The van der Waals surface area contributed by atoms with E-state index in [1.807, 2.05) is 23.9 Å². The first-order chi connectivity index (χ1) is 7.24.